The lowest BCUT2D eigenvalue weighted by atomic mass is 9.89. The summed E-state index contributed by atoms with van der Waals surface area (Å²) in [6.45, 7) is 3.05. The lowest BCUT2D eigenvalue weighted by molar-refractivity contribution is -0.203. The van der Waals surface area contributed by atoms with Gasteiger partial charge in [0.05, 0.1) is 20.3 Å². The highest BCUT2D eigenvalue weighted by Crippen LogP contribution is 2.41. The van der Waals surface area contributed by atoms with Crippen molar-refractivity contribution >= 4 is 11.6 Å². The molecular weight excluding hydrogens is 228 g/mol. The summed E-state index contributed by atoms with van der Waals surface area (Å²) < 4.78 is 16.2. The molecule has 0 bridgehead atoms. The molecule has 0 saturated carbocycles. The van der Waals surface area contributed by atoms with Crippen LogP contribution in [0.3, 0.4) is 0 Å². The van der Waals surface area contributed by atoms with Crippen LogP contribution in [0.25, 0.3) is 0 Å². The highest BCUT2D eigenvalue weighted by molar-refractivity contribution is 6.30. The van der Waals surface area contributed by atoms with Gasteiger partial charge >= 0.3 is 0 Å². The number of methoxy groups -OCH3 is 2. The van der Waals surface area contributed by atoms with Crippen LogP contribution in [0.4, 0.5) is 0 Å². The van der Waals surface area contributed by atoms with E-state index in [1.54, 1.807) is 14.2 Å². The molecule has 0 N–H and O–H groups in total. The Morgan fingerprint density at radius 3 is 2.44 bits per heavy atom. The maximum atomic E-state index is 6.07. The fourth-order valence-electron chi connectivity index (χ4n) is 2.01. The molecule has 4 heteroatoms. The summed E-state index contributed by atoms with van der Waals surface area (Å²) in [4.78, 5) is 0. The summed E-state index contributed by atoms with van der Waals surface area (Å²) in [5, 5.41) is 0.691. The molecule has 0 aromatic heterocycles. The number of rotatable bonds is 3. The van der Waals surface area contributed by atoms with E-state index in [9.17, 15) is 0 Å². The molecule has 1 aliphatic rings. The predicted octanol–water partition coefficient (Wildman–Crippen LogP) is 2.53. The molecule has 0 radical (unpaired) electrons. The van der Waals surface area contributed by atoms with E-state index in [-0.39, 0.29) is 0 Å². The predicted molar refractivity (Wildman–Crippen MR) is 62.2 cm³/mol. The van der Waals surface area contributed by atoms with Crippen LogP contribution in [0, 0.1) is 6.92 Å². The van der Waals surface area contributed by atoms with Gasteiger partial charge in [0.25, 0.3) is 0 Å². The van der Waals surface area contributed by atoms with Crippen molar-refractivity contribution in [3.05, 3.63) is 28.3 Å². The van der Waals surface area contributed by atoms with Crippen molar-refractivity contribution in [3.8, 4) is 5.75 Å². The molecule has 0 amide bonds. The standard InChI is InChI=1S/C12H15ClO3/c1-8-4-9(13)5-10(11(8)14-2)12(15-3)6-16-7-12/h4-5H,6-7H2,1-3H3. The zero-order valence-corrected chi connectivity index (χ0v) is 10.4. The average Bonchev–Trinajstić information content (AvgIpc) is 2.16. The van der Waals surface area contributed by atoms with E-state index in [1.165, 1.54) is 0 Å². The largest absolute Gasteiger partial charge is 0.496 e. The first-order valence-electron chi connectivity index (χ1n) is 5.10. The van der Waals surface area contributed by atoms with Gasteiger partial charge in [0.2, 0.25) is 0 Å². The Balaban J connectivity index is 2.53. The third kappa shape index (κ3) is 1.69. The minimum atomic E-state index is -0.402. The molecule has 2 rings (SSSR count). The smallest absolute Gasteiger partial charge is 0.143 e. The third-order valence-electron chi connectivity index (χ3n) is 3.00. The second-order valence-electron chi connectivity index (χ2n) is 3.99. The molecule has 88 valence electrons. The Morgan fingerprint density at radius 1 is 1.31 bits per heavy atom. The Kier molecular flexibility index (Phi) is 3.10. The molecule has 1 heterocycles. The zero-order valence-electron chi connectivity index (χ0n) is 9.67. The monoisotopic (exact) mass is 242 g/mol. The molecule has 16 heavy (non-hydrogen) atoms. The molecule has 1 aromatic carbocycles. The molecule has 1 aromatic rings. The maximum absolute atomic E-state index is 6.07. The minimum Gasteiger partial charge on any atom is -0.496 e. The molecule has 1 fully saturated rings. The van der Waals surface area contributed by atoms with Crippen LogP contribution in [-0.4, -0.2) is 27.4 Å². The van der Waals surface area contributed by atoms with Crippen LogP contribution >= 0.6 is 11.6 Å². The van der Waals surface area contributed by atoms with Gasteiger partial charge < -0.3 is 14.2 Å². The van der Waals surface area contributed by atoms with E-state index in [2.05, 4.69) is 0 Å². The molecule has 0 aliphatic carbocycles. The fraction of sp³-hybridized carbons (Fsp3) is 0.500. The van der Waals surface area contributed by atoms with Gasteiger partial charge in [-0.1, -0.05) is 11.6 Å². The van der Waals surface area contributed by atoms with E-state index in [0.717, 1.165) is 16.9 Å². The van der Waals surface area contributed by atoms with Crippen LogP contribution in [0.5, 0.6) is 5.75 Å². The highest BCUT2D eigenvalue weighted by atomic mass is 35.5. The first-order chi connectivity index (χ1) is 7.63. The van der Waals surface area contributed by atoms with Crippen molar-refractivity contribution in [1.82, 2.24) is 0 Å². The quantitative estimate of drug-likeness (QED) is 0.815. The number of ether oxygens (including phenoxy) is 3. The van der Waals surface area contributed by atoms with Gasteiger partial charge in [0.1, 0.15) is 11.4 Å². The molecule has 3 nitrogen and oxygen atoms in total. The number of halogens is 1. The summed E-state index contributed by atoms with van der Waals surface area (Å²) in [6.07, 6.45) is 0. The van der Waals surface area contributed by atoms with Crippen LogP contribution < -0.4 is 4.74 Å². The van der Waals surface area contributed by atoms with Crippen molar-refractivity contribution in [2.75, 3.05) is 27.4 Å². The third-order valence-corrected chi connectivity index (χ3v) is 3.21. The lowest BCUT2D eigenvalue weighted by Gasteiger charge is -2.41. The highest BCUT2D eigenvalue weighted by Gasteiger charge is 2.43. The Bertz CT molecular complexity index is 394. The van der Waals surface area contributed by atoms with Crippen molar-refractivity contribution < 1.29 is 14.2 Å². The van der Waals surface area contributed by atoms with Gasteiger partial charge in [0.15, 0.2) is 0 Å². The van der Waals surface area contributed by atoms with Gasteiger partial charge in [-0.05, 0) is 24.6 Å². The normalized spacial score (nSPS) is 18.0. The van der Waals surface area contributed by atoms with E-state index < -0.39 is 5.60 Å². The van der Waals surface area contributed by atoms with Gasteiger partial charge in [-0.3, -0.25) is 0 Å². The van der Waals surface area contributed by atoms with E-state index in [1.807, 2.05) is 19.1 Å². The van der Waals surface area contributed by atoms with Crippen LogP contribution in [-0.2, 0) is 15.1 Å². The van der Waals surface area contributed by atoms with Gasteiger partial charge in [-0.2, -0.15) is 0 Å². The van der Waals surface area contributed by atoms with Crippen molar-refractivity contribution in [2.45, 2.75) is 12.5 Å². The Labute approximate surface area is 100 Å². The summed E-state index contributed by atoms with van der Waals surface area (Å²) in [5.41, 5.74) is 1.57. The summed E-state index contributed by atoms with van der Waals surface area (Å²) in [5.74, 6) is 0.828. The molecule has 1 aliphatic heterocycles. The lowest BCUT2D eigenvalue weighted by Crippen LogP contribution is -2.48. The van der Waals surface area contributed by atoms with Crippen LogP contribution in [0.15, 0.2) is 12.1 Å². The molecular formula is C12H15ClO3. The topological polar surface area (TPSA) is 27.7 Å². The van der Waals surface area contributed by atoms with Crippen LogP contribution in [0.2, 0.25) is 5.02 Å². The minimum absolute atomic E-state index is 0.402. The molecule has 0 unspecified atom stereocenters. The Morgan fingerprint density at radius 2 is 2.00 bits per heavy atom. The number of hydrogen-bond donors (Lipinski definition) is 0. The Hall–Kier alpha value is -0.770. The van der Waals surface area contributed by atoms with Crippen molar-refractivity contribution in [1.29, 1.82) is 0 Å². The molecule has 1 saturated heterocycles. The second kappa shape index (κ2) is 4.24. The zero-order chi connectivity index (χ0) is 11.8. The number of hydrogen-bond acceptors (Lipinski definition) is 3. The number of aryl methyl sites for hydroxylation is 1. The summed E-state index contributed by atoms with van der Waals surface area (Å²) in [6, 6.07) is 3.77. The van der Waals surface area contributed by atoms with Crippen molar-refractivity contribution in [3.63, 3.8) is 0 Å². The van der Waals surface area contributed by atoms with Gasteiger partial charge in [0, 0.05) is 17.7 Å². The second-order valence-corrected chi connectivity index (χ2v) is 4.43. The average molecular weight is 243 g/mol. The SMILES string of the molecule is COc1c(C)cc(Cl)cc1C1(OC)COC1. The fourth-order valence-corrected chi connectivity index (χ4v) is 2.28. The first-order valence-corrected chi connectivity index (χ1v) is 5.48. The maximum Gasteiger partial charge on any atom is 0.143 e. The molecule has 0 spiro atoms. The van der Waals surface area contributed by atoms with Gasteiger partial charge in [-0.25, -0.2) is 0 Å². The van der Waals surface area contributed by atoms with E-state index >= 15 is 0 Å². The van der Waals surface area contributed by atoms with E-state index in [4.69, 9.17) is 25.8 Å². The van der Waals surface area contributed by atoms with Crippen molar-refractivity contribution in [2.24, 2.45) is 0 Å². The van der Waals surface area contributed by atoms with E-state index in [0.29, 0.717) is 18.2 Å². The number of benzene rings is 1. The summed E-state index contributed by atoms with van der Waals surface area (Å²) in [7, 11) is 3.33. The molecule has 0 atom stereocenters. The summed E-state index contributed by atoms with van der Waals surface area (Å²) >= 11 is 6.07. The van der Waals surface area contributed by atoms with Gasteiger partial charge in [-0.15, -0.1) is 0 Å². The first kappa shape index (κ1) is 11.7. The van der Waals surface area contributed by atoms with Crippen LogP contribution in [0.1, 0.15) is 11.1 Å².